The van der Waals surface area contributed by atoms with E-state index in [0.29, 0.717) is 31.1 Å². The summed E-state index contributed by atoms with van der Waals surface area (Å²) in [6.45, 7) is 2.74. The van der Waals surface area contributed by atoms with Gasteiger partial charge in [-0.15, -0.1) is 0 Å². The number of amides is 1. The fourth-order valence-corrected chi connectivity index (χ4v) is 2.68. The Labute approximate surface area is 124 Å². The van der Waals surface area contributed by atoms with E-state index in [1.807, 2.05) is 25.1 Å². The SMILES string of the molecule is Cc1c(Br)cccc1-c1nc2c(o1)CCN(C(=O)O)C2. The van der Waals surface area contributed by atoms with Gasteiger partial charge in [0.15, 0.2) is 0 Å². The molecule has 104 valence electrons. The van der Waals surface area contributed by atoms with Crippen LogP contribution in [0.5, 0.6) is 0 Å². The van der Waals surface area contributed by atoms with Crippen molar-refractivity contribution in [3.63, 3.8) is 0 Å². The number of hydrogen-bond acceptors (Lipinski definition) is 3. The summed E-state index contributed by atoms with van der Waals surface area (Å²) in [6.07, 6.45) is -0.347. The first-order valence-electron chi connectivity index (χ1n) is 6.28. The first-order valence-corrected chi connectivity index (χ1v) is 7.07. The second-order valence-electron chi connectivity index (χ2n) is 4.76. The van der Waals surface area contributed by atoms with Crippen LogP contribution in [-0.2, 0) is 13.0 Å². The third-order valence-corrected chi connectivity index (χ3v) is 4.36. The second-order valence-corrected chi connectivity index (χ2v) is 5.61. The van der Waals surface area contributed by atoms with Gasteiger partial charge in [0, 0.05) is 23.0 Å². The molecule has 0 bridgehead atoms. The number of oxazole rings is 1. The molecule has 1 aromatic carbocycles. The van der Waals surface area contributed by atoms with Crippen molar-refractivity contribution < 1.29 is 14.3 Å². The quantitative estimate of drug-likeness (QED) is 0.866. The Morgan fingerprint density at radius 3 is 3.05 bits per heavy atom. The van der Waals surface area contributed by atoms with E-state index in [0.717, 1.165) is 21.4 Å². The van der Waals surface area contributed by atoms with Crippen molar-refractivity contribution >= 4 is 22.0 Å². The Morgan fingerprint density at radius 1 is 1.50 bits per heavy atom. The molecular weight excluding hydrogens is 324 g/mol. The van der Waals surface area contributed by atoms with Crippen molar-refractivity contribution in [1.29, 1.82) is 0 Å². The molecule has 1 N–H and O–H groups in total. The molecule has 0 saturated heterocycles. The number of fused-ring (bicyclic) bond motifs is 1. The molecule has 1 aromatic heterocycles. The van der Waals surface area contributed by atoms with Crippen LogP contribution in [0.15, 0.2) is 27.1 Å². The van der Waals surface area contributed by atoms with E-state index in [4.69, 9.17) is 9.52 Å². The first-order chi connectivity index (χ1) is 9.56. The van der Waals surface area contributed by atoms with Crippen LogP contribution in [0.25, 0.3) is 11.5 Å². The van der Waals surface area contributed by atoms with Crippen molar-refractivity contribution in [3.05, 3.63) is 39.7 Å². The van der Waals surface area contributed by atoms with Crippen molar-refractivity contribution in [2.75, 3.05) is 6.54 Å². The maximum absolute atomic E-state index is 11.0. The van der Waals surface area contributed by atoms with Gasteiger partial charge < -0.3 is 14.4 Å². The van der Waals surface area contributed by atoms with Crippen LogP contribution < -0.4 is 0 Å². The molecule has 0 aliphatic carbocycles. The minimum atomic E-state index is -0.918. The van der Waals surface area contributed by atoms with Crippen LogP contribution in [0.1, 0.15) is 17.0 Å². The summed E-state index contributed by atoms with van der Waals surface area (Å²) in [7, 11) is 0. The molecule has 1 amide bonds. The highest BCUT2D eigenvalue weighted by Crippen LogP contribution is 2.31. The van der Waals surface area contributed by atoms with Crippen molar-refractivity contribution in [2.45, 2.75) is 19.9 Å². The molecule has 0 saturated carbocycles. The van der Waals surface area contributed by atoms with E-state index in [9.17, 15) is 4.79 Å². The normalized spacial score (nSPS) is 14.2. The summed E-state index contributed by atoms with van der Waals surface area (Å²) in [5.74, 6) is 1.35. The van der Waals surface area contributed by atoms with Crippen molar-refractivity contribution in [2.24, 2.45) is 0 Å². The van der Waals surface area contributed by atoms with Gasteiger partial charge in [-0.2, -0.15) is 0 Å². The van der Waals surface area contributed by atoms with E-state index in [-0.39, 0.29) is 0 Å². The molecule has 0 radical (unpaired) electrons. The standard InChI is InChI=1S/C14H13BrN2O3/c1-8-9(3-2-4-10(8)15)13-16-11-7-17(14(18)19)6-5-12(11)20-13/h2-4H,5-7H2,1H3,(H,18,19). The van der Waals surface area contributed by atoms with Gasteiger partial charge in [-0.1, -0.05) is 22.0 Å². The van der Waals surface area contributed by atoms with E-state index in [1.54, 1.807) is 0 Å². The summed E-state index contributed by atoms with van der Waals surface area (Å²) in [5.41, 5.74) is 2.70. The van der Waals surface area contributed by atoms with E-state index in [2.05, 4.69) is 20.9 Å². The van der Waals surface area contributed by atoms with E-state index < -0.39 is 6.09 Å². The number of benzene rings is 1. The van der Waals surface area contributed by atoms with E-state index >= 15 is 0 Å². The maximum atomic E-state index is 11.0. The molecular formula is C14H13BrN2O3. The molecule has 2 heterocycles. The Morgan fingerprint density at radius 2 is 2.30 bits per heavy atom. The molecule has 20 heavy (non-hydrogen) atoms. The average molecular weight is 337 g/mol. The minimum absolute atomic E-state index is 0.293. The van der Waals surface area contributed by atoms with Crippen LogP contribution in [-0.4, -0.2) is 27.6 Å². The fourth-order valence-electron chi connectivity index (χ4n) is 2.32. The molecule has 2 aromatic rings. The minimum Gasteiger partial charge on any atom is -0.465 e. The van der Waals surface area contributed by atoms with Gasteiger partial charge in [-0.3, -0.25) is 0 Å². The van der Waals surface area contributed by atoms with Crippen LogP contribution in [0.4, 0.5) is 4.79 Å². The molecule has 0 atom stereocenters. The van der Waals surface area contributed by atoms with Crippen LogP contribution in [0, 0.1) is 6.92 Å². The Kier molecular flexibility index (Phi) is 3.25. The Bertz CT molecular complexity index is 681. The number of aromatic nitrogens is 1. The Hall–Kier alpha value is -1.82. The predicted octanol–water partition coefficient (Wildman–Crippen LogP) is 3.45. The highest BCUT2D eigenvalue weighted by Gasteiger charge is 2.25. The molecule has 0 unspecified atom stereocenters. The van der Waals surface area contributed by atoms with Crippen LogP contribution >= 0.6 is 15.9 Å². The molecule has 1 aliphatic rings. The second kappa shape index (κ2) is 4.94. The first kappa shape index (κ1) is 13.2. The lowest BCUT2D eigenvalue weighted by molar-refractivity contribution is 0.137. The number of halogens is 1. The number of hydrogen-bond donors (Lipinski definition) is 1. The third-order valence-electron chi connectivity index (χ3n) is 3.50. The lowest BCUT2D eigenvalue weighted by atomic mass is 10.1. The van der Waals surface area contributed by atoms with Gasteiger partial charge in [0.05, 0.1) is 6.54 Å². The zero-order chi connectivity index (χ0) is 14.3. The number of carboxylic acid groups (broad SMARTS) is 1. The molecule has 1 aliphatic heterocycles. The van der Waals surface area contributed by atoms with Crippen molar-refractivity contribution in [3.8, 4) is 11.5 Å². The van der Waals surface area contributed by atoms with Gasteiger partial charge in [-0.25, -0.2) is 9.78 Å². The van der Waals surface area contributed by atoms with Gasteiger partial charge in [0.1, 0.15) is 11.5 Å². The van der Waals surface area contributed by atoms with Gasteiger partial charge in [0.25, 0.3) is 0 Å². The average Bonchev–Trinajstić information content (AvgIpc) is 2.84. The number of carbonyl (C=O) groups is 1. The zero-order valence-electron chi connectivity index (χ0n) is 10.9. The van der Waals surface area contributed by atoms with Gasteiger partial charge in [0.2, 0.25) is 5.89 Å². The molecule has 5 nitrogen and oxygen atoms in total. The lowest BCUT2D eigenvalue weighted by Gasteiger charge is -2.21. The third kappa shape index (κ3) is 2.20. The van der Waals surface area contributed by atoms with Gasteiger partial charge >= 0.3 is 6.09 Å². The lowest BCUT2D eigenvalue weighted by Crippen LogP contribution is -2.34. The molecule has 0 fully saturated rings. The van der Waals surface area contributed by atoms with Crippen molar-refractivity contribution in [1.82, 2.24) is 9.88 Å². The van der Waals surface area contributed by atoms with Gasteiger partial charge in [-0.05, 0) is 24.6 Å². The predicted molar refractivity (Wildman–Crippen MR) is 76.5 cm³/mol. The fraction of sp³-hybridized carbons (Fsp3) is 0.286. The molecule has 3 rings (SSSR count). The monoisotopic (exact) mass is 336 g/mol. The Balaban J connectivity index is 1.98. The summed E-state index contributed by atoms with van der Waals surface area (Å²) < 4.78 is 6.80. The van der Waals surface area contributed by atoms with Crippen LogP contribution in [0.2, 0.25) is 0 Å². The zero-order valence-corrected chi connectivity index (χ0v) is 12.5. The number of nitrogens with zero attached hydrogens (tertiary/aromatic N) is 2. The highest BCUT2D eigenvalue weighted by molar-refractivity contribution is 9.10. The number of rotatable bonds is 1. The largest absolute Gasteiger partial charge is 0.465 e. The maximum Gasteiger partial charge on any atom is 0.407 e. The summed E-state index contributed by atoms with van der Waals surface area (Å²) in [4.78, 5) is 16.8. The van der Waals surface area contributed by atoms with Crippen LogP contribution in [0.3, 0.4) is 0 Å². The highest BCUT2D eigenvalue weighted by atomic mass is 79.9. The summed E-state index contributed by atoms with van der Waals surface area (Å²) in [6, 6.07) is 5.85. The molecule has 6 heteroatoms. The summed E-state index contributed by atoms with van der Waals surface area (Å²) >= 11 is 3.49. The smallest absolute Gasteiger partial charge is 0.407 e. The van der Waals surface area contributed by atoms with E-state index in [1.165, 1.54) is 4.90 Å². The molecule has 0 spiro atoms. The summed E-state index contributed by atoms with van der Waals surface area (Å²) in [5, 5.41) is 9.03. The topological polar surface area (TPSA) is 66.6 Å².